The Labute approximate surface area is 117 Å². The molecule has 7 nitrogen and oxygen atoms in total. The Morgan fingerprint density at radius 3 is 2.70 bits per heavy atom. The van der Waals surface area contributed by atoms with Gasteiger partial charge in [-0.3, -0.25) is 14.7 Å². The second-order valence-corrected chi connectivity index (χ2v) is 4.85. The van der Waals surface area contributed by atoms with Crippen molar-refractivity contribution in [2.45, 2.75) is 18.9 Å². The maximum Gasteiger partial charge on any atom is 0.251 e. The number of nitrogens with two attached hydrogens (primary N) is 1. The number of hydrogen-bond donors (Lipinski definition) is 3. The van der Waals surface area contributed by atoms with Gasteiger partial charge in [-0.25, -0.2) is 0 Å². The number of amidine groups is 1. The number of oxime groups is 1. The number of carbonyl (C=O) groups excluding carboxylic acids is 1. The average molecular weight is 277 g/mol. The Kier molecular flexibility index (Phi) is 4.89. The van der Waals surface area contributed by atoms with Crippen LogP contribution >= 0.6 is 0 Å². The first-order chi connectivity index (χ1) is 9.69. The van der Waals surface area contributed by atoms with E-state index in [0.717, 1.165) is 25.9 Å². The summed E-state index contributed by atoms with van der Waals surface area (Å²) < 4.78 is 0. The van der Waals surface area contributed by atoms with Crippen molar-refractivity contribution in [1.82, 2.24) is 15.2 Å². The molecule has 2 heterocycles. The van der Waals surface area contributed by atoms with Crippen LogP contribution in [0.4, 0.5) is 0 Å². The van der Waals surface area contributed by atoms with E-state index in [1.807, 2.05) is 0 Å². The summed E-state index contributed by atoms with van der Waals surface area (Å²) in [5.41, 5.74) is 6.10. The number of rotatable bonds is 4. The second-order valence-electron chi connectivity index (χ2n) is 4.85. The number of carbonyl (C=O) groups is 1. The van der Waals surface area contributed by atoms with Crippen LogP contribution in [0.3, 0.4) is 0 Å². The van der Waals surface area contributed by atoms with Crippen LogP contribution < -0.4 is 11.1 Å². The van der Waals surface area contributed by atoms with E-state index in [1.165, 1.54) is 0 Å². The molecule has 1 aromatic heterocycles. The van der Waals surface area contributed by atoms with Gasteiger partial charge in [-0.1, -0.05) is 5.16 Å². The molecule has 0 aliphatic carbocycles. The third kappa shape index (κ3) is 3.92. The van der Waals surface area contributed by atoms with Crippen LogP contribution in [-0.4, -0.2) is 52.5 Å². The largest absolute Gasteiger partial charge is 0.409 e. The minimum absolute atomic E-state index is 0.0673. The maximum absolute atomic E-state index is 12.0. The molecule has 7 heteroatoms. The van der Waals surface area contributed by atoms with Crippen molar-refractivity contribution in [2.75, 3.05) is 19.6 Å². The van der Waals surface area contributed by atoms with Crippen molar-refractivity contribution in [3.05, 3.63) is 30.1 Å². The number of aromatic nitrogens is 1. The Hall–Kier alpha value is -2.15. The zero-order valence-electron chi connectivity index (χ0n) is 11.2. The highest BCUT2D eigenvalue weighted by Crippen LogP contribution is 2.10. The van der Waals surface area contributed by atoms with Gasteiger partial charge in [0, 0.05) is 37.1 Å². The lowest BCUT2D eigenvalue weighted by Gasteiger charge is -2.31. The van der Waals surface area contributed by atoms with Gasteiger partial charge in [0.1, 0.15) is 0 Å². The predicted molar refractivity (Wildman–Crippen MR) is 74.6 cm³/mol. The van der Waals surface area contributed by atoms with Gasteiger partial charge in [-0.2, -0.15) is 0 Å². The van der Waals surface area contributed by atoms with E-state index < -0.39 is 0 Å². The van der Waals surface area contributed by atoms with Crippen molar-refractivity contribution < 1.29 is 10.0 Å². The molecule has 108 valence electrons. The fourth-order valence-electron chi connectivity index (χ4n) is 2.27. The van der Waals surface area contributed by atoms with Gasteiger partial charge in [0.2, 0.25) is 0 Å². The zero-order valence-corrected chi connectivity index (χ0v) is 11.2. The highest BCUT2D eigenvalue weighted by Gasteiger charge is 2.21. The molecule has 20 heavy (non-hydrogen) atoms. The molecule has 1 amide bonds. The van der Waals surface area contributed by atoms with E-state index in [-0.39, 0.29) is 17.8 Å². The van der Waals surface area contributed by atoms with Gasteiger partial charge < -0.3 is 16.3 Å². The van der Waals surface area contributed by atoms with E-state index >= 15 is 0 Å². The highest BCUT2D eigenvalue weighted by atomic mass is 16.4. The number of piperidine rings is 1. The molecular weight excluding hydrogens is 258 g/mol. The Bertz CT molecular complexity index is 469. The van der Waals surface area contributed by atoms with E-state index in [1.54, 1.807) is 24.5 Å². The predicted octanol–water partition coefficient (Wildman–Crippen LogP) is 0.0222. The van der Waals surface area contributed by atoms with Crippen molar-refractivity contribution in [3.8, 4) is 0 Å². The summed E-state index contributed by atoms with van der Waals surface area (Å²) in [7, 11) is 0. The molecule has 4 N–H and O–H groups in total. The number of likely N-dealkylation sites (tertiary alicyclic amines) is 1. The third-order valence-corrected chi connectivity index (χ3v) is 3.38. The van der Waals surface area contributed by atoms with Crippen molar-refractivity contribution in [2.24, 2.45) is 10.9 Å². The Balaban J connectivity index is 1.79. The third-order valence-electron chi connectivity index (χ3n) is 3.38. The van der Waals surface area contributed by atoms with E-state index in [4.69, 9.17) is 10.9 Å². The molecular formula is C13H19N5O2. The van der Waals surface area contributed by atoms with E-state index in [9.17, 15) is 4.79 Å². The topological polar surface area (TPSA) is 104 Å². The van der Waals surface area contributed by atoms with Gasteiger partial charge in [-0.15, -0.1) is 0 Å². The van der Waals surface area contributed by atoms with E-state index in [0.29, 0.717) is 12.1 Å². The SMILES string of the molecule is NC(CN1CCC(NC(=O)c2ccncc2)CC1)=NO. The molecule has 0 saturated carbocycles. The summed E-state index contributed by atoms with van der Waals surface area (Å²) in [6.07, 6.45) is 4.92. The van der Waals surface area contributed by atoms with Crippen LogP contribution in [0.2, 0.25) is 0 Å². The van der Waals surface area contributed by atoms with Crippen LogP contribution in [-0.2, 0) is 0 Å². The molecule has 2 rings (SSSR count). The maximum atomic E-state index is 12.0. The van der Waals surface area contributed by atoms with Crippen LogP contribution in [0.1, 0.15) is 23.2 Å². The first kappa shape index (κ1) is 14.3. The minimum atomic E-state index is -0.0673. The normalized spacial score (nSPS) is 17.9. The van der Waals surface area contributed by atoms with Gasteiger partial charge in [-0.05, 0) is 25.0 Å². The summed E-state index contributed by atoms with van der Waals surface area (Å²) >= 11 is 0. The summed E-state index contributed by atoms with van der Waals surface area (Å²) in [6, 6.07) is 3.56. The molecule has 1 saturated heterocycles. The number of pyridine rings is 1. The first-order valence-corrected chi connectivity index (χ1v) is 6.58. The van der Waals surface area contributed by atoms with E-state index in [2.05, 4.69) is 20.4 Å². The van der Waals surface area contributed by atoms with Gasteiger partial charge in [0.25, 0.3) is 5.91 Å². The fraction of sp³-hybridized carbons (Fsp3) is 0.462. The molecule has 1 aliphatic rings. The molecule has 0 unspecified atom stereocenters. The van der Waals surface area contributed by atoms with Crippen molar-refractivity contribution in [1.29, 1.82) is 0 Å². The zero-order chi connectivity index (χ0) is 14.4. The van der Waals surface area contributed by atoms with Crippen LogP contribution in [0.25, 0.3) is 0 Å². The number of amides is 1. The standard InChI is InChI=1S/C13H19N5O2/c14-12(17-20)9-18-7-3-11(4-8-18)16-13(19)10-1-5-15-6-2-10/h1-2,5-6,11,20H,3-4,7-9H2,(H2,14,17)(H,16,19). The number of nitrogens with zero attached hydrogens (tertiary/aromatic N) is 3. The summed E-state index contributed by atoms with van der Waals surface area (Å²) in [6.45, 7) is 2.09. The number of nitrogens with one attached hydrogen (secondary N) is 1. The lowest BCUT2D eigenvalue weighted by molar-refractivity contribution is 0.0914. The molecule has 1 aromatic rings. The summed E-state index contributed by atoms with van der Waals surface area (Å²) in [5, 5.41) is 14.5. The molecule has 1 fully saturated rings. The second kappa shape index (κ2) is 6.85. The van der Waals surface area contributed by atoms with Crippen molar-refractivity contribution in [3.63, 3.8) is 0 Å². The fourth-order valence-corrected chi connectivity index (χ4v) is 2.27. The van der Waals surface area contributed by atoms with Crippen molar-refractivity contribution >= 4 is 11.7 Å². The van der Waals surface area contributed by atoms with Gasteiger partial charge in [0.05, 0.1) is 6.54 Å². The molecule has 0 radical (unpaired) electrons. The Morgan fingerprint density at radius 2 is 2.10 bits per heavy atom. The van der Waals surface area contributed by atoms with Gasteiger partial charge in [0.15, 0.2) is 5.84 Å². The van der Waals surface area contributed by atoms with Crippen LogP contribution in [0, 0.1) is 0 Å². The quantitative estimate of drug-likeness (QED) is 0.311. The number of hydrogen-bond acceptors (Lipinski definition) is 5. The summed E-state index contributed by atoms with van der Waals surface area (Å²) in [4.78, 5) is 18.0. The Morgan fingerprint density at radius 1 is 1.45 bits per heavy atom. The molecule has 0 bridgehead atoms. The molecule has 0 spiro atoms. The van der Waals surface area contributed by atoms with Crippen LogP contribution in [0.15, 0.2) is 29.7 Å². The van der Waals surface area contributed by atoms with Gasteiger partial charge >= 0.3 is 0 Å². The molecule has 1 aliphatic heterocycles. The first-order valence-electron chi connectivity index (χ1n) is 6.58. The lowest BCUT2D eigenvalue weighted by atomic mass is 10.0. The smallest absolute Gasteiger partial charge is 0.251 e. The van der Waals surface area contributed by atoms with Crippen LogP contribution in [0.5, 0.6) is 0 Å². The highest BCUT2D eigenvalue weighted by molar-refractivity contribution is 5.94. The molecule has 0 aromatic carbocycles. The summed E-state index contributed by atoms with van der Waals surface area (Å²) in [5.74, 6) is 0.145. The lowest BCUT2D eigenvalue weighted by Crippen LogP contribution is -2.46. The average Bonchev–Trinajstić information content (AvgIpc) is 2.50. The monoisotopic (exact) mass is 277 g/mol. The molecule has 0 atom stereocenters. The minimum Gasteiger partial charge on any atom is -0.409 e.